The maximum absolute atomic E-state index is 12.6. The average Bonchev–Trinajstić information content (AvgIpc) is 2.61. The van der Waals surface area contributed by atoms with Gasteiger partial charge in [0.1, 0.15) is 5.54 Å². The molecule has 134 valence electrons. The molecule has 1 atom stereocenters. The number of benzene rings is 1. The van der Waals surface area contributed by atoms with Gasteiger partial charge in [-0.2, -0.15) is 0 Å². The number of carbonyl (C=O) groups is 3. The van der Waals surface area contributed by atoms with Gasteiger partial charge in [-0.25, -0.2) is 9.59 Å². The molecule has 3 rings (SSSR count). The normalized spacial score (nSPS) is 21.9. The Balaban J connectivity index is 1.68. The van der Waals surface area contributed by atoms with Crippen LogP contribution in [0.4, 0.5) is 4.79 Å². The Labute approximate surface area is 144 Å². The lowest BCUT2D eigenvalue weighted by Crippen LogP contribution is -2.63. The van der Waals surface area contributed by atoms with Crippen molar-refractivity contribution in [2.24, 2.45) is 0 Å². The van der Waals surface area contributed by atoms with Crippen LogP contribution in [0.15, 0.2) is 24.3 Å². The monoisotopic (exact) mass is 347 g/mol. The third-order valence-electron chi connectivity index (χ3n) is 5.06. The SMILES string of the molecule is O=C(NC1(C(=O)O)CCN(C(=O)O)CC1)[C@@H]1Cc2ccccc2CN1. The van der Waals surface area contributed by atoms with Crippen molar-refractivity contribution in [3.05, 3.63) is 35.4 Å². The lowest BCUT2D eigenvalue weighted by Gasteiger charge is -2.39. The van der Waals surface area contributed by atoms with Gasteiger partial charge in [0.25, 0.3) is 0 Å². The number of nitrogens with zero attached hydrogens (tertiary/aromatic N) is 1. The van der Waals surface area contributed by atoms with Gasteiger partial charge in [0, 0.05) is 19.6 Å². The number of carboxylic acid groups (broad SMARTS) is 2. The number of hydrogen-bond acceptors (Lipinski definition) is 4. The number of nitrogens with one attached hydrogen (secondary N) is 2. The van der Waals surface area contributed by atoms with Crippen LogP contribution < -0.4 is 10.6 Å². The number of fused-ring (bicyclic) bond motifs is 1. The first-order chi connectivity index (χ1) is 11.9. The van der Waals surface area contributed by atoms with E-state index in [1.54, 1.807) is 0 Å². The second-order valence-electron chi connectivity index (χ2n) is 6.55. The van der Waals surface area contributed by atoms with Crippen molar-refractivity contribution in [2.45, 2.75) is 37.4 Å². The van der Waals surface area contributed by atoms with E-state index in [4.69, 9.17) is 5.11 Å². The molecule has 2 heterocycles. The Morgan fingerprint density at radius 3 is 2.36 bits per heavy atom. The number of carbonyl (C=O) groups excluding carboxylic acids is 1. The quantitative estimate of drug-likeness (QED) is 0.629. The summed E-state index contributed by atoms with van der Waals surface area (Å²) in [5.41, 5.74) is 0.794. The van der Waals surface area contributed by atoms with Gasteiger partial charge in [-0.1, -0.05) is 24.3 Å². The van der Waals surface area contributed by atoms with Crippen LogP contribution in [0.3, 0.4) is 0 Å². The molecule has 2 amide bonds. The number of aliphatic carboxylic acids is 1. The van der Waals surface area contributed by atoms with Crippen molar-refractivity contribution in [2.75, 3.05) is 13.1 Å². The summed E-state index contributed by atoms with van der Waals surface area (Å²) in [6, 6.07) is 7.32. The maximum atomic E-state index is 12.6. The largest absolute Gasteiger partial charge is 0.480 e. The highest BCUT2D eigenvalue weighted by atomic mass is 16.4. The summed E-state index contributed by atoms with van der Waals surface area (Å²) in [5, 5.41) is 24.4. The van der Waals surface area contributed by atoms with E-state index >= 15 is 0 Å². The fourth-order valence-corrected chi connectivity index (χ4v) is 3.43. The Morgan fingerprint density at radius 2 is 1.76 bits per heavy atom. The minimum Gasteiger partial charge on any atom is -0.480 e. The van der Waals surface area contributed by atoms with Crippen molar-refractivity contribution < 1.29 is 24.6 Å². The summed E-state index contributed by atoms with van der Waals surface area (Å²) in [7, 11) is 0. The van der Waals surface area contributed by atoms with Gasteiger partial charge in [0.2, 0.25) is 5.91 Å². The van der Waals surface area contributed by atoms with Crippen LogP contribution in [0.1, 0.15) is 24.0 Å². The lowest BCUT2D eigenvalue weighted by molar-refractivity contribution is -0.150. The first kappa shape index (κ1) is 17.2. The van der Waals surface area contributed by atoms with Crippen LogP contribution in [0.25, 0.3) is 0 Å². The third-order valence-corrected chi connectivity index (χ3v) is 5.06. The molecule has 0 radical (unpaired) electrons. The van der Waals surface area contributed by atoms with Crippen LogP contribution in [0.5, 0.6) is 0 Å². The fourth-order valence-electron chi connectivity index (χ4n) is 3.43. The molecular weight excluding hydrogens is 326 g/mol. The predicted octanol–water partition coefficient (Wildman–Crippen LogP) is 0.414. The Morgan fingerprint density at radius 1 is 1.12 bits per heavy atom. The molecular formula is C17H21N3O5. The van der Waals surface area contributed by atoms with Gasteiger partial charge in [-0.05, 0) is 30.4 Å². The number of amides is 2. The zero-order chi connectivity index (χ0) is 18.0. The molecule has 25 heavy (non-hydrogen) atoms. The molecule has 4 N–H and O–H groups in total. The molecule has 2 aliphatic heterocycles. The molecule has 1 aromatic rings. The molecule has 1 aromatic carbocycles. The molecule has 0 aliphatic carbocycles. The Kier molecular flexibility index (Phi) is 4.63. The van der Waals surface area contributed by atoms with E-state index in [-0.39, 0.29) is 31.8 Å². The van der Waals surface area contributed by atoms with E-state index in [0.29, 0.717) is 13.0 Å². The zero-order valence-corrected chi connectivity index (χ0v) is 13.7. The van der Waals surface area contributed by atoms with Crippen molar-refractivity contribution in [3.8, 4) is 0 Å². The van der Waals surface area contributed by atoms with Gasteiger partial charge in [0.05, 0.1) is 6.04 Å². The Bertz CT molecular complexity index is 697. The van der Waals surface area contributed by atoms with Crippen molar-refractivity contribution >= 4 is 18.0 Å². The minimum atomic E-state index is -1.42. The smallest absolute Gasteiger partial charge is 0.407 e. The topological polar surface area (TPSA) is 119 Å². The molecule has 0 bridgehead atoms. The molecule has 1 fully saturated rings. The lowest BCUT2D eigenvalue weighted by atomic mass is 9.86. The van der Waals surface area contributed by atoms with Crippen molar-refractivity contribution in [3.63, 3.8) is 0 Å². The molecule has 0 spiro atoms. The van der Waals surface area contributed by atoms with Crippen LogP contribution in [-0.2, 0) is 22.6 Å². The van der Waals surface area contributed by atoms with Crippen LogP contribution in [0, 0.1) is 0 Å². The summed E-state index contributed by atoms with van der Waals surface area (Å²) in [5.74, 6) is -1.48. The van der Waals surface area contributed by atoms with Crippen molar-refractivity contribution in [1.82, 2.24) is 15.5 Å². The van der Waals surface area contributed by atoms with Crippen LogP contribution in [0.2, 0.25) is 0 Å². The summed E-state index contributed by atoms with van der Waals surface area (Å²) in [6.45, 7) is 0.729. The highest BCUT2D eigenvalue weighted by Gasteiger charge is 2.44. The minimum absolute atomic E-state index is 0.0592. The van der Waals surface area contributed by atoms with Gasteiger partial charge in [-0.15, -0.1) is 0 Å². The van der Waals surface area contributed by atoms with Crippen LogP contribution in [-0.4, -0.2) is 57.8 Å². The summed E-state index contributed by atoms with van der Waals surface area (Å²) < 4.78 is 0. The van der Waals surface area contributed by atoms with E-state index in [2.05, 4.69) is 10.6 Å². The summed E-state index contributed by atoms with van der Waals surface area (Å²) in [6.07, 6.45) is -0.456. The van der Waals surface area contributed by atoms with E-state index in [9.17, 15) is 19.5 Å². The highest BCUT2D eigenvalue weighted by molar-refractivity contribution is 5.90. The number of rotatable bonds is 3. The molecule has 0 unspecified atom stereocenters. The molecule has 1 saturated heterocycles. The Hall–Kier alpha value is -2.61. The van der Waals surface area contributed by atoms with E-state index < -0.39 is 23.6 Å². The average molecular weight is 347 g/mol. The number of hydrogen-bond donors (Lipinski definition) is 4. The van der Waals surface area contributed by atoms with Crippen LogP contribution >= 0.6 is 0 Å². The van der Waals surface area contributed by atoms with Crippen molar-refractivity contribution in [1.29, 1.82) is 0 Å². The zero-order valence-electron chi connectivity index (χ0n) is 13.7. The number of likely N-dealkylation sites (tertiary alicyclic amines) is 1. The first-order valence-electron chi connectivity index (χ1n) is 8.25. The molecule has 0 aromatic heterocycles. The second-order valence-corrected chi connectivity index (χ2v) is 6.55. The highest BCUT2D eigenvalue weighted by Crippen LogP contribution is 2.24. The third kappa shape index (κ3) is 3.43. The van der Waals surface area contributed by atoms with E-state index in [1.807, 2.05) is 24.3 Å². The summed E-state index contributed by atoms with van der Waals surface area (Å²) >= 11 is 0. The molecule has 2 aliphatic rings. The second kappa shape index (κ2) is 6.72. The van der Waals surface area contributed by atoms with E-state index in [1.165, 1.54) is 4.90 Å². The summed E-state index contributed by atoms with van der Waals surface area (Å²) in [4.78, 5) is 36.6. The molecule has 8 nitrogen and oxygen atoms in total. The predicted molar refractivity (Wildman–Crippen MR) is 88.1 cm³/mol. The molecule has 0 saturated carbocycles. The standard InChI is InChI=1S/C17H21N3O5/c21-14(13-9-11-3-1-2-4-12(11)10-18-13)19-17(15(22)23)5-7-20(8-6-17)16(24)25/h1-4,13,18H,5-10H2,(H,19,21)(H,22,23)(H,24,25)/t13-/m0/s1. The first-order valence-corrected chi connectivity index (χ1v) is 8.25. The number of carboxylic acids is 1. The molecule has 8 heteroatoms. The maximum Gasteiger partial charge on any atom is 0.407 e. The van der Waals surface area contributed by atoms with Gasteiger partial charge < -0.3 is 25.7 Å². The van der Waals surface area contributed by atoms with Gasteiger partial charge in [0.15, 0.2) is 0 Å². The number of piperidine rings is 1. The van der Waals surface area contributed by atoms with E-state index in [0.717, 1.165) is 11.1 Å². The van der Waals surface area contributed by atoms with Gasteiger partial charge >= 0.3 is 12.1 Å². The van der Waals surface area contributed by atoms with Gasteiger partial charge in [-0.3, -0.25) is 4.79 Å². The fraction of sp³-hybridized carbons (Fsp3) is 0.471.